The fraction of sp³-hybridized carbons (Fsp3) is 0.231. The van der Waals surface area contributed by atoms with E-state index in [1.807, 2.05) is 6.92 Å². The molecule has 2 aromatic rings. The molecular weight excluding hydrogens is 264 g/mol. The van der Waals surface area contributed by atoms with Gasteiger partial charge in [0.15, 0.2) is 5.82 Å². The van der Waals surface area contributed by atoms with E-state index >= 15 is 0 Å². The highest BCUT2D eigenvalue weighted by molar-refractivity contribution is 6.33. The van der Waals surface area contributed by atoms with Gasteiger partial charge in [0.2, 0.25) is 0 Å². The maximum Gasteiger partial charge on any atom is 0.293 e. The highest BCUT2D eigenvalue weighted by Gasteiger charge is 2.07. The number of nitrogens with zero attached hydrogens (tertiary/aromatic N) is 2. The molecule has 5 nitrogen and oxygen atoms in total. The molecule has 0 amide bonds. The van der Waals surface area contributed by atoms with Crippen LogP contribution in [0.3, 0.4) is 0 Å². The smallest absolute Gasteiger partial charge is 0.293 e. The summed E-state index contributed by atoms with van der Waals surface area (Å²) in [6, 6.07) is 5.04. The fourth-order valence-corrected chi connectivity index (χ4v) is 1.88. The third-order valence-electron chi connectivity index (χ3n) is 2.62. The fourth-order valence-electron chi connectivity index (χ4n) is 1.72. The predicted octanol–water partition coefficient (Wildman–Crippen LogP) is 2.63. The Morgan fingerprint density at radius 1 is 1.47 bits per heavy atom. The van der Waals surface area contributed by atoms with Gasteiger partial charge in [0.1, 0.15) is 0 Å². The van der Waals surface area contributed by atoms with Crippen LogP contribution in [0.4, 0.5) is 17.2 Å². The van der Waals surface area contributed by atoms with Crippen molar-refractivity contribution in [3.63, 3.8) is 0 Å². The van der Waals surface area contributed by atoms with E-state index in [1.165, 1.54) is 0 Å². The Morgan fingerprint density at radius 3 is 3.00 bits per heavy atom. The average Bonchev–Trinajstić information content (AvgIpc) is 2.39. The molecule has 1 heterocycles. The lowest BCUT2D eigenvalue weighted by Crippen LogP contribution is -2.23. The Labute approximate surface area is 116 Å². The highest BCUT2D eigenvalue weighted by atomic mass is 35.5. The second-order valence-electron chi connectivity index (χ2n) is 4.14. The van der Waals surface area contributed by atoms with Gasteiger partial charge >= 0.3 is 0 Å². The van der Waals surface area contributed by atoms with Gasteiger partial charge in [-0.15, -0.1) is 0 Å². The number of nitrogens with one attached hydrogen (secondary N) is 1. The lowest BCUT2D eigenvalue weighted by molar-refractivity contribution is 0.650. The molecule has 0 unspecified atom stereocenters. The summed E-state index contributed by atoms with van der Waals surface area (Å²) in [6.07, 6.45) is 4.12. The molecule has 19 heavy (non-hydrogen) atoms. The largest absolute Gasteiger partial charge is 0.399 e. The second kappa shape index (κ2) is 5.75. The van der Waals surface area contributed by atoms with Gasteiger partial charge in [-0.1, -0.05) is 18.5 Å². The minimum absolute atomic E-state index is 0.178. The SMILES string of the molecule is CCCn1ccnc(Nc2cc(N)ccc2Cl)c1=O. The number of benzene rings is 1. The number of nitrogens with two attached hydrogens (primary N) is 1. The molecule has 0 bridgehead atoms. The Kier molecular flexibility index (Phi) is 4.06. The van der Waals surface area contributed by atoms with Crippen LogP contribution in [0, 0.1) is 0 Å². The van der Waals surface area contributed by atoms with E-state index in [1.54, 1.807) is 35.2 Å². The topological polar surface area (TPSA) is 72.9 Å². The molecule has 1 aromatic heterocycles. The van der Waals surface area contributed by atoms with E-state index in [0.717, 1.165) is 6.42 Å². The Bertz CT molecular complexity index is 639. The lowest BCUT2D eigenvalue weighted by atomic mass is 10.3. The number of aryl methyl sites for hydroxylation is 1. The normalized spacial score (nSPS) is 10.4. The van der Waals surface area contributed by atoms with Crippen LogP contribution in [-0.4, -0.2) is 9.55 Å². The molecule has 100 valence electrons. The number of aromatic nitrogens is 2. The number of nitrogen functional groups attached to an aromatic ring is 1. The quantitative estimate of drug-likeness (QED) is 0.843. The van der Waals surface area contributed by atoms with Crippen LogP contribution in [0.15, 0.2) is 35.4 Å². The lowest BCUT2D eigenvalue weighted by Gasteiger charge is -2.10. The summed E-state index contributed by atoms with van der Waals surface area (Å²) in [5.74, 6) is 0.239. The van der Waals surface area contributed by atoms with E-state index < -0.39 is 0 Å². The van der Waals surface area contributed by atoms with Crippen LogP contribution in [-0.2, 0) is 6.54 Å². The number of halogens is 1. The van der Waals surface area contributed by atoms with Crippen molar-refractivity contribution in [1.82, 2.24) is 9.55 Å². The van der Waals surface area contributed by atoms with Crippen LogP contribution in [0.25, 0.3) is 0 Å². The standard InChI is InChI=1S/C13H15ClN4O/c1-2-6-18-7-5-16-12(13(18)19)17-11-8-9(15)3-4-10(11)14/h3-5,7-8H,2,6,15H2,1H3,(H,16,17). The zero-order chi connectivity index (χ0) is 13.8. The molecular formula is C13H15ClN4O. The minimum Gasteiger partial charge on any atom is -0.399 e. The van der Waals surface area contributed by atoms with Crippen molar-refractivity contribution in [1.29, 1.82) is 0 Å². The first kappa shape index (κ1) is 13.4. The molecule has 0 aliphatic carbocycles. The third kappa shape index (κ3) is 3.06. The summed E-state index contributed by atoms with van der Waals surface area (Å²) in [4.78, 5) is 16.2. The van der Waals surface area contributed by atoms with Gasteiger partial charge in [0.25, 0.3) is 5.56 Å². The van der Waals surface area contributed by atoms with E-state index in [-0.39, 0.29) is 11.4 Å². The molecule has 0 aliphatic heterocycles. The second-order valence-corrected chi connectivity index (χ2v) is 4.55. The van der Waals surface area contributed by atoms with E-state index in [2.05, 4.69) is 10.3 Å². The molecule has 0 radical (unpaired) electrons. The van der Waals surface area contributed by atoms with Crippen LogP contribution in [0.1, 0.15) is 13.3 Å². The van der Waals surface area contributed by atoms with Crippen molar-refractivity contribution < 1.29 is 0 Å². The number of hydrogen-bond donors (Lipinski definition) is 2. The van der Waals surface area contributed by atoms with Crippen molar-refractivity contribution in [3.8, 4) is 0 Å². The molecule has 6 heteroatoms. The predicted molar refractivity (Wildman–Crippen MR) is 77.9 cm³/mol. The van der Waals surface area contributed by atoms with Gasteiger partial charge in [0.05, 0.1) is 10.7 Å². The Balaban J connectivity index is 2.36. The molecule has 3 N–H and O–H groups in total. The van der Waals surface area contributed by atoms with E-state index in [9.17, 15) is 4.79 Å². The maximum atomic E-state index is 12.1. The monoisotopic (exact) mass is 278 g/mol. The van der Waals surface area contributed by atoms with Gasteiger partial charge in [-0.05, 0) is 24.6 Å². The summed E-state index contributed by atoms with van der Waals surface area (Å²) in [6.45, 7) is 2.66. The van der Waals surface area contributed by atoms with Crippen LogP contribution in [0.2, 0.25) is 5.02 Å². The summed E-state index contributed by atoms with van der Waals surface area (Å²) in [7, 11) is 0. The van der Waals surface area contributed by atoms with Gasteiger partial charge in [-0.25, -0.2) is 4.98 Å². The van der Waals surface area contributed by atoms with Crippen molar-refractivity contribution in [2.45, 2.75) is 19.9 Å². The molecule has 2 rings (SSSR count). The van der Waals surface area contributed by atoms with Crippen LogP contribution >= 0.6 is 11.6 Å². The Hall–Kier alpha value is -2.01. The number of hydrogen-bond acceptors (Lipinski definition) is 4. The van der Waals surface area contributed by atoms with Gasteiger partial charge in [-0.3, -0.25) is 4.79 Å². The summed E-state index contributed by atoms with van der Waals surface area (Å²) < 4.78 is 1.61. The summed E-state index contributed by atoms with van der Waals surface area (Å²) in [5, 5.41) is 3.41. The van der Waals surface area contributed by atoms with Crippen molar-refractivity contribution in [2.75, 3.05) is 11.1 Å². The zero-order valence-electron chi connectivity index (χ0n) is 10.6. The molecule has 1 aromatic carbocycles. The first-order valence-corrected chi connectivity index (χ1v) is 6.37. The molecule has 0 saturated heterocycles. The Morgan fingerprint density at radius 2 is 2.26 bits per heavy atom. The van der Waals surface area contributed by atoms with E-state index in [0.29, 0.717) is 22.9 Å². The summed E-state index contributed by atoms with van der Waals surface area (Å²) in [5.41, 5.74) is 6.65. The van der Waals surface area contributed by atoms with Gasteiger partial charge in [0, 0.05) is 24.6 Å². The third-order valence-corrected chi connectivity index (χ3v) is 2.95. The maximum absolute atomic E-state index is 12.1. The molecule has 0 atom stereocenters. The minimum atomic E-state index is -0.178. The molecule has 0 fully saturated rings. The first-order chi connectivity index (χ1) is 9.11. The highest BCUT2D eigenvalue weighted by Crippen LogP contribution is 2.25. The zero-order valence-corrected chi connectivity index (χ0v) is 11.3. The van der Waals surface area contributed by atoms with Crippen molar-refractivity contribution >= 4 is 28.8 Å². The van der Waals surface area contributed by atoms with Gasteiger partial charge < -0.3 is 15.6 Å². The van der Waals surface area contributed by atoms with Crippen LogP contribution in [0.5, 0.6) is 0 Å². The van der Waals surface area contributed by atoms with Crippen LogP contribution < -0.4 is 16.6 Å². The molecule has 0 aliphatic rings. The molecule has 0 saturated carbocycles. The number of rotatable bonds is 4. The van der Waals surface area contributed by atoms with Crippen molar-refractivity contribution in [2.24, 2.45) is 0 Å². The first-order valence-electron chi connectivity index (χ1n) is 5.99. The number of anilines is 3. The molecule has 0 spiro atoms. The average molecular weight is 279 g/mol. The van der Waals surface area contributed by atoms with E-state index in [4.69, 9.17) is 17.3 Å². The van der Waals surface area contributed by atoms with Crippen molar-refractivity contribution in [3.05, 3.63) is 46.0 Å². The van der Waals surface area contributed by atoms with Gasteiger partial charge in [-0.2, -0.15) is 0 Å². The summed E-state index contributed by atoms with van der Waals surface area (Å²) >= 11 is 6.04.